The number of carbonyl (C=O) groups is 1. The van der Waals surface area contributed by atoms with Crippen LogP contribution in [0.1, 0.15) is 33.3 Å². The Morgan fingerprint density at radius 2 is 2.00 bits per heavy atom. The van der Waals surface area contributed by atoms with Crippen molar-refractivity contribution in [2.45, 2.75) is 44.2 Å². The minimum Gasteiger partial charge on any atom is -0.443 e. The number of rotatable bonds is 0. The van der Waals surface area contributed by atoms with Crippen LogP contribution in [0.4, 0.5) is 10.5 Å². The van der Waals surface area contributed by atoms with E-state index in [-0.39, 0.29) is 6.09 Å². The molecule has 18 heavy (non-hydrogen) atoms. The lowest BCUT2D eigenvalue weighted by molar-refractivity contribution is 0.0568. The van der Waals surface area contributed by atoms with Crippen LogP contribution in [0.3, 0.4) is 0 Å². The summed E-state index contributed by atoms with van der Waals surface area (Å²) in [6.07, 6.45) is 0.467. The third kappa shape index (κ3) is 2.53. The van der Waals surface area contributed by atoms with Gasteiger partial charge < -0.3 is 4.74 Å². The summed E-state index contributed by atoms with van der Waals surface area (Å²) in [5, 5.41) is 0. The van der Waals surface area contributed by atoms with E-state index >= 15 is 0 Å². The molecule has 1 aliphatic heterocycles. The predicted octanol–water partition coefficient (Wildman–Crippen LogP) is 4.10. The van der Waals surface area contributed by atoms with Crippen molar-refractivity contribution in [3.05, 3.63) is 29.8 Å². The summed E-state index contributed by atoms with van der Waals surface area (Å²) in [6, 6.07) is 7.91. The van der Waals surface area contributed by atoms with Crippen LogP contribution in [0, 0.1) is 0 Å². The van der Waals surface area contributed by atoms with Crippen molar-refractivity contribution in [3.63, 3.8) is 0 Å². The number of hydrogen-bond donors (Lipinski definition) is 0. The van der Waals surface area contributed by atoms with E-state index in [0.29, 0.717) is 0 Å². The van der Waals surface area contributed by atoms with Crippen LogP contribution in [0.25, 0.3) is 0 Å². The Labute approximate surface area is 116 Å². The zero-order valence-corrected chi connectivity index (χ0v) is 12.7. The Hall–Kier alpha value is -1.03. The summed E-state index contributed by atoms with van der Waals surface area (Å²) in [6.45, 7) is 7.60. The first-order chi connectivity index (χ1) is 8.21. The van der Waals surface area contributed by atoms with Crippen molar-refractivity contribution in [1.82, 2.24) is 0 Å². The first-order valence-electron chi connectivity index (χ1n) is 6.01. The number of benzene rings is 1. The molecular formula is C14H18BrNO2. The highest BCUT2D eigenvalue weighted by Crippen LogP contribution is 2.42. The average molecular weight is 312 g/mol. The van der Waals surface area contributed by atoms with Gasteiger partial charge in [0.15, 0.2) is 0 Å². The second-order valence-electron chi connectivity index (χ2n) is 5.76. The summed E-state index contributed by atoms with van der Waals surface area (Å²) < 4.78 is 5.05. The normalized spacial score (nSPS) is 22.8. The second-order valence-corrected chi connectivity index (χ2v) is 7.47. The zero-order valence-electron chi connectivity index (χ0n) is 11.2. The van der Waals surface area contributed by atoms with Gasteiger partial charge in [-0.15, -0.1) is 0 Å². The molecule has 98 valence electrons. The Kier molecular flexibility index (Phi) is 3.18. The van der Waals surface area contributed by atoms with Gasteiger partial charge in [0.2, 0.25) is 0 Å². The van der Waals surface area contributed by atoms with Crippen LogP contribution >= 0.6 is 15.9 Å². The molecule has 4 heteroatoms. The molecule has 2 rings (SSSR count). The Balaban J connectivity index is 2.34. The summed E-state index contributed by atoms with van der Waals surface area (Å²) in [4.78, 5) is 14.0. The molecular weight excluding hydrogens is 294 g/mol. The smallest absolute Gasteiger partial charge is 0.416 e. The lowest BCUT2D eigenvalue weighted by Crippen LogP contribution is -2.45. The van der Waals surface area contributed by atoms with E-state index in [1.54, 1.807) is 4.90 Å². The SMILES string of the molecule is CC(C)(C)OC(=O)N1c2ccccc2CC1(C)Br. The largest absolute Gasteiger partial charge is 0.443 e. The van der Waals surface area contributed by atoms with Crippen LogP contribution in [0.15, 0.2) is 24.3 Å². The lowest BCUT2D eigenvalue weighted by Gasteiger charge is -2.32. The number of hydrogen-bond acceptors (Lipinski definition) is 2. The maximum atomic E-state index is 12.3. The van der Waals surface area contributed by atoms with Crippen molar-refractivity contribution in [2.24, 2.45) is 0 Å². The van der Waals surface area contributed by atoms with Crippen molar-refractivity contribution >= 4 is 27.7 Å². The van der Waals surface area contributed by atoms with Crippen molar-refractivity contribution < 1.29 is 9.53 Å². The summed E-state index contributed by atoms with van der Waals surface area (Å²) >= 11 is 3.62. The van der Waals surface area contributed by atoms with Gasteiger partial charge in [-0.3, -0.25) is 4.90 Å². The summed E-state index contributed by atoms with van der Waals surface area (Å²) in [7, 11) is 0. The second kappa shape index (κ2) is 4.26. The van der Waals surface area contributed by atoms with Gasteiger partial charge in [0.25, 0.3) is 0 Å². The van der Waals surface area contributed by atoms with Gasteiger partial charge in [-0.05, 0) is 39.3 Å². The Morgan fingerprint density at radius 3 is 2.61 bits per heavy atom. The number of halogens is 1. The molecule has 0 saturated heterocycles. The summed E-state index contributed by atoms with van der Waals surface area (Å²) in [5.41, 5.74) is 1.59. The predicted molar refractivity (Wildman–Crippen MR) is 76.2 cm³/mol. The Morgan fingerprint density at radius 1 is 1.39 bits per heavy atom. The van der Waals surface area contributed by atoms with Gasteiger partial charge in [0, 0.05) is 6.42 Å². The van der Waals surface area contributed by atoms with E-state index in [2.05, 4.69) is 15.9 Å². The quantitative estimate of drug-likeness (QED) is 0.533. The minimum atomic E-state index is -0.488. The number of ether oxygens (including phenoxy) is 1. The van der Waals surface area contributed by atoms with E-state index in [1.165, 1.54) is 0 Å². The lowest BCUT2D eigenvalue weighted by atomic mass is 10.1. The zero-order chi connectivity index (χ0) is 13.6. The molecule has 1 aliphatic rings. The van der Waals surface area contributed by atoms with Crippen molar-refractivity contribution in [2.75, 3.05) is 4.90 Å². The first-order valence-corrected chi connectivity index (χ1v) is 6.80. The van der Waals surface area contributed by atoms with E-state index in [0.717, 1.165) is 17.7 Å². The number of fused-ring (bicyclic) bond motifs is 1. The molecule has 0 fully saturated rings. The standard InChI is InChI=1S/C14H18BrNO2/c1-13(2,3)18-12(17)16-11-8-6-5-7-10(11)9-14(16,4)15/h5-8H,9H2,1-4H3. The molecule has 3 nitrogen and oxygen atoms in total. The third-order valence-electron chi connectivity index (χ3n) is 2.79. The number of para-hydroxylation sites is 1. The van der Waals surface area contributed by atoms with Gasteiger partial charge in [0.1, 0.15) is 10.0 Å². The van der Waals surface area contributed by atoms with E-state index in [4.69, 9.17) is 4.74 Å². The van der Waals surface area contributed by atoms with Gasteiger partial charge in [-0.1, -0.05) is 34.1 Å². The van der Waals surface area contributed by atoms with E-state index in [1.807, 2.05) is 52.0 Å². The molecule has 0 radical (unpaired) electrons. The van der Waals surface area contributed by atoms with Gasteiger partial charge in [0.05, 0.1) is 5.69 Å². The Bertz CT molecular complexity index is 477. The summed E-state index contributed by atoms with van der Waals surface area (Å²) in [5.74, 6) is 0. The molecule has 0 spiro atoms. The number of nitrogens with zero attached hydrogens (tertiary/aromatic N) is 1. The molecule has 0 aliphatic carbocycles. The first kappa shape index (κ1) is 13.4. The molecule has 1 aromatic rings. The highest BCUT2D eigenvalue weighted by molar-refractivity contribution is 9.10. The number of anilines is 1. The maximum absolute atomic E-state index is 12.3. The molecule has 0 N–H and O–H groups in total. The van der Waals surface area contributed by atoms with E-state index in [9.17, 15) is 4.79 Å². The number of amides is 1. The highest BCUT2D eigenvalue weighted by Gasteiger charge is 2.43. The monoisotopic (exact) mass is 311 g/mol. The average Bonchev–Trinajstić information content (AvgIpc) is 2.44. The van der Waals surface area contributed by atoms with Gasteiger partial charge in [-0.2, -0.15) is 0 Å². The van der Waals surface area contributed by atoms with Crippen molar-refractivity contribution in [3.8, 4) is 0 Å². The van der Waals surface area contributed by atoms with Crippen LogP contribution in [-0.2, 0) is 11.2 Å². The molecule has 0 saturated carbocycles. The minimum absolute atomic E-state index is 0.313. The molecule has 0 bridgehead atoms. The van der Waals surface area contributed by atoms with Crippen LogP contribution in [0.2, 0.25) is 0 Å². The topological polar surface area (TPSA) is 29.5 Å². The molecule has 1 unspecified atom stereocenters. The van der Waals surface area contributed by atoms with Gasteiger partial charge in [-0.25, -0.2) is 4.79 Å². The molecule has 0 aromatic heterocycles. The third-order valence-corrected chi connectivity index (χ3v) is 3.42. The number of carbonyl (C=O) groups excluding carboxylic acids is 1. The molecule has 1 atom stereocenters. The van der Waals surface area contributed by atoms with E-state index < -0.39 is 10.0 Å². The van der Waals surface area contributed by atoms with Crippen LogP contribution < -0.4 is 4.90 Å². The van der Waals surface area contributed by atoms with Crippen LogP contribution in [-0.4, -0.2) is 16.1 Å². The fraction of sp³-hybridized carbons (Fsp3) is 0.500. The number of alkyl halides is 1. The van der Waals surface area contributed by atoms with Crippen LogP contribution in [0.5, 0.6) is 0 Å². The molecule has 1 heterocycles. The molecule has 1 amide bonds. The molecule has 1 aromatic carbocycles. The van der Waals surface area contributed by atoms with Crippen molar-refractivity contribution in [1.29, 1.82) is 0 Å². The van der Waals surface area contributed by atoms with Gasteiger partial charge >= 0.3 is 6.09 Å². The fourth-order valence-electron chi connectivity index (χ4n) is 2.15. The highest BCUT2D eigenvalue weighted by atomic mass is 79.9. The fourth-order valence-corrected chi connectivity index (χ4v) is 2.79. The maximum Gasteiger partial charge on any atom is 0.416 e.